The Balaban J connectivity index is 0.988. The number of rotatable bonds is 4. The van der Waals surface area contributed by atoms with Gasteiger partial charge in [0.25, 0.3) is 0 Å². The summed E-state index contributed by atoms with van der Waals surface area (Å²) in [5.74, 6) is 0.756. The first-order valence-electron chi connectivity index (χ1n) is 16.0. The van der Waals surface area contributed by atoms with E-state index in [9.17, 15) is 0 Å². The van der Waals surface area contributed by atoms with Crippen molar-refractivity contribution in [1.29, 1.82) is 0 Å². The van der Waals surface area contributed by atoms with Crippen molar-refractivity contribution in [1.82, 2.24) is 14.5 Å². The molecule has 218 valence electrons. The highest BCUT2D eigenvalue weighted by Crippen LogP contribution is 2.46. The van der Waals surface area contributed by atoms with Crippen LogP contribution < -0.4 is 0 Å². The smallest absolute Gasteiger partial charge is 0.160 e. The van der Waals surface area contributed by atoms with E-state index >= 15 is 0 Å². The van der Waals surface area contributed by atoms with E-state index in [-0.39, 0.29) is 0 Å². The Morgan fingerprint density at radius 2 is 0.979 bits per heavy atom. The molecular weight excluding hydrogens is 571 g/mol. The number of hydrogen-bond acceptors (Lipinski definition) is 2. The minimum Gasteiger partial charge on any atom is -0.309 e. The van der Waals surface area contributed by atoms with Crippen molar-refractivity contribution in [2.45, 2.75) is 0 Å². The summed E-state index contributed by atoms with van der Waals surface area (Å²) in [6.45, 7) is 0. The number of hydrogen-bond donors (Lipinski definition) is 0. The Morgan fingerprint density at radius 1 is 0.383 bits per heavy atom. The molecule has 0 aliphatic heterocycles. The maximum Gasteiger partial charge on any atom is 0.160 e. The standard InChI is InChI=1S/C44H27N3/c1-2-9-33(10-3-1)47-40-16-7-6-12-35(40)36-26-25-32(27-41(36)47)30-19-17-28(18-20-30)29-21-23-31(24-22-29)44-45-39-15-8-14-37-34-11-4-5-13-38(34)43(46-44)42(37)39/h1-27H. The first kappa shape index (κ1) is 26.0. The summed E-state index contributed by atoms with van der Waals surface area (Å²) in [4.78, 5) is 10.1. The van der Waals surface area contributed by atoms with Gasteiger partial charge in [-0.05, 0) is 63.7 Å². The van der Waals surface area contributed by atoms with Crippen molar-refractivity contribution in [3.63, 3.8) is 0 Å². The van der Waals surface area contributed by atoms with Gasteiger partial charge in [0, 0.05) is 33.0 Å². The highest BCUT2D eigenvalue weighted by molar-refractivity contribution is 6.13. The molecule has 0 fully saturated rings. The van der Waals surface area contributed by atoms with Gasteiger partial charge in [0.1, 0.15) is 0 Å². The van der Waals surface area contributed by atoms with Crippen LogP contribution in [0.1, 0.15) is 0 Å². The fraction of sp³-hybridized carbons (Fsp3) is 0. The molecule has 0 radical (unpaired) electrons. The van der Waals surface area contributed by atoms with Crippen molar-refractivity contribution >= 4 is 32.7 Å². The number of aromatic nitrogens is 3. The molecule has 0 bridgehead atoms. The molecule has 2 heterocycles. The van der Waals surface area contributed by atoms with Crippen LogP contribution in [0.25, 0.3) is 94.4 Å². The lowest BCUT2D eigenvalue weighted by molar-refractivity contribution is 1.18. The molecule has 1 aliphatic carbocycles. The van der Waals surface area contributed by atoms with E-state index in [1.165, 1.54) is 60.9 Å². The van der Waals surface area contributed by atoms with Crippen LogP contribution in [0.4, 0.5) is 0 Å². The van der Waals surface area contributed by atoms with Gasteiger partial charge in [0.2, 0.25) is 0 Å². The van der Waals surface area contributed by atoms with Crippen LogP contribution in [0.15, 0.2) is 164 Å². The first-order valence-corrected chi connectivity index (χ1v) is 16.0. The molecular formula is C44H27N3. The minimum atomic E-state index is 0.756. The second kappa shape index (κ2) is 10.1. The molecule has 10 rings (SSSR count). The van der Waals surface area contributed by atoms with E-state index in [1.54, 1.807) is 0 Å². The van der Waals surface area contributed by atoms with E-state index in [1.807, 2.05) is 0 Å². The molecule has 3 heteroatoms. The van der Waals surface area contributed by atoms with Gasteiger partial charge in [-0.15, -0.1) is 0 Å². The molecule has 1 aliphatic rings. The maximum atomic E-state index is 5.08. The lowest BCUT2D eigenvalue weighted by Gasteiger charge is -2.10. The van der Waals surface area contributed by atoms with Gasteiger partial charge in [0.05, 0.1) is 22.2 Å². The highest BCUT2D eigenvalue weighted by atomic mass is 15.0. The lowest BCUT2D eigenvalue weighted by Crippen LogP contribution is -1.93. The average molecular weight is 598 g/mol. The van der Waals surface area contributed by atoms with E-state index in [2.05, 4.69) is 168 Å². The fourth-order valence-corrected chi connectivity index (χ4v) is 7.33. The predicted molar refractivity (Wildman–Crippen MR) is 195 cm³/mol. The largest absolute Gasteiger partial charge is 0.309 e. The summed E-state index contributed by atoms with van der Waals surface area (Å²) in [5.41, 5.74) is 15.0. The zero-order chi connectivity index (χ0) is 30.9. The SMILES string of the molecule is c1ccc(-n2c3ccccc3c3ccc(-c4ccc(-c5ccc(-c6nc7c8c(cccc8n6)-c6ccccc6-7)cc5)cc4)cc32)cc1. The summed E-state index contributed by atoms with van der Waals surface area (Å²) in [5, 5.41) is 3.68. The topological polar surface area (TPSA) is 30.7 Å². The first-order chi connectivity index (χ1) is 23.3. The quantitative estimate of drug-likeness (QED) is 0.202. The van der Waals surface area contributed by atoms with Crippen molar-refractivity contribution in [2.75, 3.05) is 0 Å². The lowest BCUT2D eigenvalue weighted by atomic mass is 9.98. The average Bonchev–Trinajstić information content (AvgIpc) is 3.65. The number of nitrogens with zero attached hydrogens (tertiary/aromatic N) is 3. The normalized spacial score (nSPS) is 11.8. The molecule has 0 saturated carbocycles. The maximum absolute atomic E-state index is 5.08. The number of fused-ring (bicyclic) bond motifs is 6. The van der Waals surface area contributed by atoms with Crippen molar-refractivity contribution < 1.29 is 0 Å². The Bertz CT molecular complexity index is 2650. The van der Waals surface area contributed by atoms with Gasteiger partial charge in [-0.3, -0.25) is 0 Å². The number of para-hydroxylation sites is 2. The zero-order valence-corrected chi connectivity index (χ0v) is 25.4. The molecule has 3 nitrogen and oxygen atoms in total. The Labute approximate surface area is 272 Å². The molecule has 0 saturated heterocycles. The van der Waals surface area contributed by atoms with Crippen LogP contribution in [0, 0.1) is 0 Å². The monoisotopic (exact) mass is 597 g/mol. The van der Waals surface area contributed by atoms with Crippen molar-refractivity contribution in [3.05, 3.63) is 164 Å². The van der Waals surface area contributed by atoms with Gasteiger partial charge in [-0.2, -0.15) is 0 Å². The van der Waals surface area contributed by atoms with Crippen LogP contribution >= 0.6 is 0 Å². The minimum absolute atomic E-state index is 0.756. The molecule has 47 heavy (non-hydrogen) atoms. The predicted octanol–water partition coefficient (Wildman–Crippen LogP) is 11.4. The summed E-state index contributed by atoms with van der Waals surface area (Å²) in [6.07, 6.45) is 0. The van der Waals surface area contributed by atoms with E-state index in [0.29, 0.717) is 0 Å². The fourth-order valence-electron chi connectivity index (χ4n) is 7.33. The molecule has 0 atom stereocenters. The van der Waals surface area contributed by atoms with Gasteiger partial charge in [-0.1, -0.05) is 133 Å². The van der Waals surface area contributed by atoms with Crippen LogP contribution in [0.5, 0.6) is 0 Å². The molecule has 2 aromatic heterocycles. The Morgan fingerprint density at radius 3 is 1.77 bits per heavy atom. The third-order valence-corrected chi connectivity index (χ3v) is 9.58. The Hall–Kier alpha value is -6.32. The van der Waals surface area contributed by atoms with Crippen LogP contribution in [-0.4, -0.2) is 14.5 Å². The van der Waals surface area contributed by atoms with Gasteiger partial charge in [0.15, 0.2) is 5.82 Å². The van der Waals surface area contributed by atoms with Gasteiger partial charge >= 0.3 is 0 Å². The van der Waals surface area contributed by atoms with Gasteiger partial charge < -0.3 is 4.57 Å². The number of benzene rings is 7. The van der Waals surface area contributed by atoms with Gasteiger partial charge in [-0.25, -0.2) is 9.97 Å². The molecule has 0 spiro atoms. The van der Waals surface area contributed by atoms with Crippen molar-refractivity contribution in [2.24, 2.45) is 0 Å². The summed E-state index contributed by atoms with van der Waals surface area (Å²) >= 11 is 0. The summed E-state index contributed by atoms with van der Waals surface area (Å²) < 4.78 is 2.37. The second-order valence-corrected chi connectivity index (χ2v) is 12.2. The molecule has 9 aromatic rings. The third kappa shape index (κ3) is 4.00. The molecule has 0 unspecified atom stereocenters. The van der Waals surface area contributed by atoms with Crippen LogP contribution in [0.3, 0.4) is 0 Å². The Kier molecular flexibility index (Phi) is 5.57. The van der Waals surface area contributed by atoms with E-state index in [0.717, 1.165) is 33.5 Å². The summed E-state index contributed by atoms with van der Waals surface area (Å²) in [6, 6.07) is 58.5. The van der Waals surface area contributed by atoms with E-state index in [4.69, 9.17) is 9.97 Å². The second-order valence-electron chi connectivity index (χ2n) is 12.2. The highest BCUT2D eigenvalue weighted by Gasteiger charge is 2.24. The summed E-state index contributed by atoms with van der Waals surface area (Å²) in [7, 11) is 0. The zero-order valence-electron chi connectivity index (χ0n) is 25.4. The molecule has 0 amide bonds. The van der Waals surface area contributed by atoms with Crippen LogP contribution in [0.2, 0.25) is 0 Å². The molecule has 7 aromatic carbocycles. The van der Waals surface area contributed by atoms with Crippen LogP contribution in [-0.2, 0) is 0 Å². The van der Waals surface area contributed by atoms with E-state index < -0.39 is 0 Å². The molecule has 0 N–H and O–H groups in total. The van der Waals surface area contributed by atoms with Crippen molar-refractivity contribution in [3.8, 4) is 61.7 Å². The third-order valence-electron chi connectivity index (χ3n) is 9.58.